The molecular formula is C17H24N2O5S. The van der Waals surface area contributed by atoms with Crippen LogP contribution in [-0.4, -0.2) is 48.8 Å². The maximum absolute atomic E-state index is 12.7. The highest BCUT2D eigenvalue weighted by molar-refractivity contribution is 7.89. The summed E-state index contributed by atoms with van der Waals surface area (Å²) in [6.45, 7) is 4.34. The Kier molecular flexibility index (Phi) is 6.18. The number of carbonyl (C=O) groups is 2. The number of hydrogen-bond donors (Lipinski definition) is 2. The molecule has 7 nitrogen and oxygen atoms in total. The Morgan fingerprint density at radius 2 is 1.80 bits per heavy atom. The summed E-state index contributed by atoms with van der Waals surface area (Å²) in [5.41, 5.74) is 0.130. The van der Waals surface area contributed by atoms with Crippen LogP contribution >= 0.6 is 0 Å². The largest absolute Gasteiger partial charge is 0.480 e. The third kappa shape index (κ3) is 4.58. The molecule has 1 fully saturated rings. The number of piperidine rings is 1. The molecule has 1 aliphatic rings. The van der Waals surface area contributed by atoms with Crippen LogP contribution in [0.15, 0.2) is 29.2 Å². The molecule has 0 radical (unpaired) electrons. The molecule has 0 saturated carbocycles. The van der Waals surface area contributed by atoms with Gasteiger partial charge in [0.2, 0.25) is 10.0 Å². The highest BCUT2D eigenvalue weighted by atomic mass is 32.2. The van der Waals surface area contributed by atoms with Crippen LogP contribution in [0.4, 0.5) is 0 Å². The van der Waals surface area contributed by atoms with Gasteiger partial charge in [-0.1, -0.05) is 26.3 Å². The van der Waals surface area contributed by atoms with Crippen molar-refractivity contribution in [3.8, 4) is 0 Å². The molecule has 1 aromatic carbocycles. The van der Waals surface area contributed by atoms with Crippen molar-refractivity contribution in [1.82, 2.24) is 9.62 Å². The third-order valence-electron chi connectivity index (χ3n) is 4.27. The van der Waals surface area contributed by atoms with E-state index < -0.39 is 27.9 Å². The van der Waals surface area contributed by atoms with Gasteiger partial charge < -0.3 is 10.4 Å². The Balaban J connectivity index is 2.23. The van der Waals surface area contributed by atoms with Gasteiger partial charge in [0.25, 0.3) is 5.91 Å². The number of nitrogens with one attached hydrogen (secondary N) is 1. The molecule has 138 valence electrons. The quantitative estimate of drug-likeness (QED) is 0.795. The van der Waals surface area contributed by atoms with Crippen molar-refractivity contribution in [2.24, 2.45) is 5.92 Å². The van der Waals surface area contributed by atoms with E-state index in [2.05, 4.69) is 5.32 Å². The Labute approximate surface area is 148 Å². The predicted molar refractivity (Wildman–Crippen MR) is 92.8 cm³/mol. The van der Waals surface area contributed by atoms with Gasteiger partial charge in [0.1, 0.15) is 6.04 Å². The first-order valence-corrected chi connectivity index (χ1v) is 9.81. The van der Waals surface area contributed by atoms with E-state index in [4.69, 9.17) is 0 Å². The summed E-state index contributed by atoms with van der Waals surface area (Å²) in [6.07, 6.45) is 2.67. The monoisotopic (exact) mass is 368 g/mol. The average molecular weight is 368 g/mol. The van der Waals surface area contributed by atoms with Crippen molar-refractivity contribution in [3.05, 3.63) is 29.8 Å². The first kappa shape index (κ1) is 19.4. The maximum Gasteiger partial charge on any atom is 0.326 e. The van der Waals surface area contributed by atoms with E-state index in [1.54, 1.807) is 13.8 Å². The van der Waals surface area contributed by atoms with Crippen LogP contribution in [0.5, 0.6) is 0 Å². The molecule has 1 saturated heterocycles. The normalized spacial score (nSPS) is 17.2. The zero-order valence-corrected chi connectivity index (χ0v) is 15.3. The lowest BCUT2D eigenvalue weighted by molar-refractivity contribution is -0.140. The first-order valence-electron chi connectivity index (χ1n) is 8.37. The van der Waals surface area contributed by atoms with E-state index in [9.17, 15) is 23.1 Å². The lowest BCUT2D eigenvalue weighted by Crippen LogP contribution is -2.44. The fourth-order valence-corrected chi connectivity index (χ4v) is 4.35. The number of carbonyl (C=O) groups excluding carboxylic acids is 1. The van der Waals surface area contributed by atoms with Crippen molar-refractivity contribution >= 4 is 21.9 Å². The van der Waals surface area contributed by atoms with E-state index >= 15 is 0 Å². The summed E-state index contributed by atoms with van der Waals surface area (Å²) in [6, 6.07) is 4.70. The maximum atomic E-state index is 12.7. The molecule has 1 heterocycles. The fourth-order valence-electron chi connectivity index (χ4n) is 2.79. The number of carboxylic acids is 1. The zero-order chi connectivity index (χ0) is 18.6. The second-order valence-electron chi connectivity index (χ2n) is 6.53. The van der Waals surface area contributed by atoms with Crippen molar-refractivity contribution in [2.75, 3.05) is 13.1 Å². The van der Waals surface area contributed by atoms with Gasteiger partial charge in [-0.15, -0.1) is 0 Å². The second-order valence-corrected chi connectivity index (χ2v) is 8.46. The van der Waals surface area contributed by atoms with Gasteiger partial charge >= 0.3 is 5.97 Å². The zero-order valence-electron chi connectivity index (χ0n) is 14.4. The van der Waals surface area contributed by atoms with Gasteiger partial charge in [-0.25, -0.2) is 13.2 Å². The van der Waals surface area contributed by atoms with Crippen molar-refractivity contribution in [1.29, 1.82) is 0 Å². The Morgan fingerprint density at radius 3 is 2.36 bits per heavy atom. The molecule has 25 heavy (non-hydrogen) atoms. The van der Waals surface area contributed by atoms with Crippen molar-refractivity contribution in [3.63, 3.8) is 0 Å². The Hall–Kier alpha value is -1.93. The highest BCUT2D eigenvalue weighted by Crippen LogP contribution is 2.21. The van der Waals surface area contributed by atoms with Gasteiger partial charge in [-0.2, -0.15) is 4.31 Å². The molecule has 0 aromatic heterocycles. The van der Waals surface area contributed by atoms with E-state index in [0.29, 0.717) is 13.1 Å². The molecule has 0 spiro atoms. The number of rotatable bonds is 6. The predicted octanol–water partition coefficient (Wildman–Crippen LogP) is 1.70. The van der Waals surface area contributed by atoms with Crippen LogP contribution in [0.1, 0.15) is 43.5 Å². The van der Waals surface area contributed by atoms with Crippen LogP contribution in [0, 0.1) is 5.92 Å². The smallest absolute Gasteiger partial charge is 0.326 e. The number of aliphatic carboxylic acids is 1. The van der Waals surface area contributed by atoms with Gasteiger partial charge in [0.15, 0.2) is 0 Å². The second kappa shape index (κ2) is 7.97. The minimum atomic E-state index is -3.64. The standard InChI is InChI=1S/C17H24N2O5S/c1-12(2)15(17(21)22)18-16(20)13-7-6-8-14(11-13)25(23,24)19-9-4-3-5-10-19/h6-8,11-12,15H,3-5,9-10H2,1-2H3,(H,18,20)(H,21,22). The van der Waals surface area contributed by atoms with Crippen LogP contribution < -0.4 is 5.32 Å². The van der Waals surface area contributed by atoms with Crippen molar-refractivity contribution < 1.29 is 23.1 Å². The number of sulfonamides is 1. The molecular weight excluding hydrogens is 344 g/mol. The van der Waals surface area contributed by atoms with Crippen LogP contribution in [0.3, 0.4) is 0 Å². The molecule has 1 amide bonds. The van der Waals surface area contributed by atoms with Gasteiger partial charge in [-0.3, -0.25) is 4.79 Å². The van der Waals surface area contributed by atoms with E-state index in [-0.39, 0.29) is 16.4 Å². The number of amides is 1. The molecule has 1 aliphatic heterocycles. The third-order valence-corrected chi connectivity index (χ3v) is 6.16. The summed E-state index contributed by atoms with van der Waals surface area (Å²) in [4.78, 5) is 23.6. The summed E-state index contributed by atoms with van der Waals surface area (Å²) in [5.74, 6) is -2.01. The number of hydrogen-bond acceptors (Lipinski definition) is 4. The van der Waals surface area contributed by atoms with Gasteiger partial charge in [0, 0.05) is 18.7 Å². The highest BCUT2D eigenvalue weighted by Gasteiger charge is 2.28. The molecule has 2 N–H and O–H groups in total. The minimum absolute atomic E-state index is 0.0541. The molecule has 1 aromatic rings. The number of nitrogens with zero attached hydrogens (tertiary/aromatic N) is 1. The van der Waals surface area contributed by atoms with Crippen LogP contribution in [0.25, 0.3) is 0 Å². The van der Waals surface area contributed by atoms with Crippen molar-refractivity contribution in [2.45, 2.75) is 44.0 Å². The molecule has 1 atom stereocenters. The topological polar surface area (TPSA) is 104 Å². The van der Waals surface area contributed by atoms with Gasteiger partial charge in [-0.05, 0) is 37.0 Å². The molecule has 2 rings (SSSR count). The fraction of sp³-hybridized carbons (Fsp3) is 0.529. The average Bonchev–Trinajstić information content (AvgIpc) is 2.59. The van der Waals surface area contributed by atoms with Crippen LogP contribution in [-0.2, 0) is 14.8 Å². The molecule has 1 unspecified atom stereocenters. The minimum Gasteiger partial charge on any atom is -0.480 e. The molecule has 8 heteroatoms. The summed E-state index contributed by atoms with van der Waals surface area (Å²) in [7, 11) is -3.64. The Morgan fingerprint density at radius 1 is 1.16 bits per heavy atom. The van der Waals surface area contributed by atoms with E-state index in [0.717, 1.165) is 19.3 Å². The number of carboxylic acid groups (broad SMARTS) is 1. The molecule has 0 aliphatic carbocycles. The van der Waals surface area contributed by atoms with E-state index in [1.807, 2.05) is 0 Å². The molecule has 0 bridgehead atoms. The summed E-state index contributed by atoms with van der Waals surface area (Å²) < 4.78 is 26.8. The lowest BCUT2D eigenvalue weighted by atomic mass is 10.0. The Bertz CT molecular complexity index is 739. The van der Waals surface area contributed by atoms with Gasteiger partial charge in [0.05, 0.1) is 4.90 Å². The van der Waals surface area contributed by atoms with Crippen LogP contribution in [0.2, 0.25) is 0 Å². The summed E-state index contributed by atoms with van der Waals surface area (Å²) in [5, 5.41) is 11.6. The van der Waals surface area contributed by atoms with E-state index in [1.165, 1.54) is 28.6 Å². The summed E-state index contributed by atoms with van der Waals surface area (Å²) >= 11 is 0. The number of benzene rings is 1. The lowest BCUT2D eigenvalue weighted by Gasteiger charge is -2.26. The SMILES string of the molecule is CC(C)C(NC(=O)c1cccc(S(=O)(=O)N2CCCCC2)c1)C(=O)O. The first-order chi connectivity index (χ1) is 11.7.